The Hall–Kier alpha value is -2.32. The maximum absolute atomic E-state index is 2.45. The van der Waals surface area contributed by atoms with Crippen molar-refractivity contribution in [2.24, 2.45) is 0 Å². The van der Waals surface area contributed by atoms with Gasteiger partial charge in [-0.05, 0) is 37.6 Å². The van der Waals surface area contributed by atoms with Gasteiger partial charge in [-0.3, -0.25) is 0 Å². The van der Waals surface area contributed by atoms with Crippen LogP contribution in [0.2, 0.25) is 0 Å². The van der Waals surface area contributed by atoms with Gasteiger partial charge in [0.15, 0.2) is 6.04 Å². The van der Waals surface area contributed by atoms with E-state index < -0.39 is 0 Å². The first-order valence-corrected chi connectivity index (χ1v) is 7.90. The Morgan fingerprint density at radius 1 is 1.00 bits per heavy atom. The van der Waals surface area contributed by atoms with Gasteiger partial charge in [0.05, 0.1) is 11.4 Å². The van der Waals surface area contributed by atoms with Crippen molar-refractivity contribution in [1.29, 1.82) is 0 Å². The second kappa shape index (κ2) is 5.15. The van der Waals surface area contributed by atoms with Gasteiger partial charge < -0.3 is 9.88 Å². The van der Waals surface area contributed by atoms with Crippen LogP contribution in [0.15, 0.2) is 60.8 Å². The molecule has 2 nitrogen and oxygen atoms in total. The Kier molecular flexibility index (Phi) is 3.12. The Morgan fingerprint density at radius 3 is 2.73 bits per heavy atom. The van der Waals surface area contributed by atoms with Crippen molar-refractivity contribution in [2.75, 3.05) is 0 Å². The summed E-state index contributed by atoms with van der Waals surface area (Å²) < 4.78 is 2.35. The minimum atomic E-state index is 0.350. The van der Waals surface area contributed by atoms with Crippen LogP contribution in [0.4, 0.5) is 0 Å². The van der Waals surface area contributed by atoms with Gasteiger partial charge in [-0.2, -0.15) is 0 Å². The average molecular weight is 289 g/mol. The Balaban J connectivity index is 1.88. The number of aromatic nitrogens is 1. The first-order chi connectivity index (χ1) is 10.7. The molecule has 1 atom stereocenters. The van der Waals surface area contributed by atoms with Crippen molar-refractivity contribution in [3.63, 3.8) is 0 Å². The number of nitrogens with zero attached hydrogens (tertiary/aromatic N) is 1. The molecule has 1 aliphatic rings. The summed E-state index contributed by atoms with van der Waals surface area (Å²) >= 11 is 0. The zero-order valence-corrected chi connectivity index (χ0v) is 13.1. The summed E-state index contributed by atoms with van der Waals surface area (Å²) in [5.41, 5.74) is 8.18. The third kappa shape index (κ3) is 2.08. The number of hydrogen-bond acceptors (Lipinski definition) is 0. The number of fused-ring (bicyclic) bond motifs is 3. The molecule has 1 aromatic heterocycles. The summed E-state index contributed by atoms with van der Waals surface area (Å²) in [6.45, 7) is 5.39. The summed E-state index contributed by atoms with van der Waals surface area (Å²) in [5, 5.41) is 2.45. The van der Waals surface area contributed by atoms with Crippen molar-refractivity contribution in [2.45, 2.75) is 26.4 Å². The fraction of sp³-hybridized carbons (Fsp3) is 0.200. The SMILES string of the molecule is Cc1ccc([C@@H]2[NH2+]Cc3ccccc3-n3cccc32)c(C)c1. The molecule has 0 radical (unpaired) electrons. The molecule has 0 bridgehead atoms. The van der Waals surface area contributed by atoms with Crippen LogP contribution >= 0.6 is 0 Å². The molecular formula is C20H21N2+. The molecule has 0 amide bonds. The molecule has 110 valence electrons. The van der Waals surface area contributed by atoms with E-state index in [9.17, 15) is 0 Å². The standard InChI is InChI=1S/C20H20N2/c1-14-9-10-17(15(2)12-14)20-19-8-5-11-22(19)18-7-4-3-6-16(18)13-21-20/h3-12,20-21H,13H2,1-2H3/p+1/t20-/m0/s1. The van der Waals surface area contributed by atoms with Crippen LogP contribution in [0, 0.1) is 13.8 Å². The van der Waals surface area contributed by atoms with E-state index in [1.54, 1.807) is 0 Å². The van der Waals surface area contributed by atoms with Crippen molar-refractivity contribution in [3.8, 4) is 5.69 Å². The number of para-hydroxylation sites is 1. The molecule has 2 N–H and O–H groups in total. The molecule has 2 aromatic carbocycles. The molecule has 0 saturated carbocycles. The molecule has 0 unspecified atom stereocenters. The van der Waals surface area contributed by atoms with E-state index in [-0.39, 0.29) is 0 Å². The highest BCUT2D eigenvalue weighted by atomic mass is 15.1. The van der Waals surface area contributed by atoms with Crippen LogP contribution in [0.25, 0.3) is 5.69 Å². The minimum Gasteiger partial charge on any atom is -0.331 e. The van der Waals surface area contributed by atoms with Gasteiger partial charge in [0.25, 0.3) is 0 Å². The van der Waals surface area contributed by atoms with E-state index in [0.29, 0.717) is 6.04 Å². The molecule has 2 heterocycles. The fourth-order valence-corrected chi connectivity index (χ4v) is 3.61. The number of aryl methyl sites for hydroxylation is 2. The highest BCUT2D eigenvalue weighted by Crippen LogP contribution is 2.28. The van der Waals surface area contributed by atoms with Gasteiger partial charge in [-0.25, -0.2) is 0 Å². The lowest BCUT2D eigenvalue weighted by Gasteiger charge is -2.17. The number of benzene rings is 2. The third-order valence-electron chi connectivity index (χ3n) is 4.68. The Bertz CT molecular complexity index is 829. The first-order valence-electron chi connectivity index (χ1n) is 7.90. The van der Waals surface area contributed by atoms with Crippen molar-refractivity contribution in [1.82, 2.24) is 4.57 Å². The predicted octanol–water partition coefficient (Wildman–Crippen LogP) is 3.26. The van der Waals surface area contributed by atoms with E-state index >= 15 is 0 Å². The second-order valence-corrected chi connectivity index (χ2v) is 6.21. The Morgan fingerprint density at radius 2 is 1.86 bits per heavy atom. The van der Waals surface area contributed by atoms with E-state index in [0.717, 1.165) is 6.54 Å². The van der Waals surface area contributed by atoms with E-state index in [2.05, 4.69) is 84.5 Å². The fourth-order valence-electron chi connectivity index (χ4n) is 3.61. The molecule has 3 aromatic rings. The van der Waals surface area contributed by atoms with Gasteiger partial charge in [0.1, 0.15) is 6.54 Å². The van der Waals surface area contributed by atoms with E-state index in [1.807, 2.05) is 0 Å². The lowest BCUT2D eigenvalue weighted by Crippen LogP contribution is -2.83. The first kappa shape index (κ1) is 13.4. The topological polar surface area (TPSA) is 21.5 Å². The van der Waals surface area contributed by atoms with E-state index in [4.69, 9.17) is 0 Å². The van der Waals surface area contributed by atoms with Crippen molar-refractivity contribution < 1.29 is 5.32 Å². The number of rotatable bonds is 1. The minimum absolute atomic E-state index is 0.350. The molecule has 22 heavy (non-hydrogen) atoms. The highest BCUT2D eigenvalue weighted by molar-refractivity contribution is 5.46. The predicted molar refractivity (Wildman–Crippen MR) is 89.2 cm³/mol. The van der Waals surface area contributed by atoms with Gasteiger partial charge in [0, 0.05) is 17.3 Å². The van der Waals surface area contributed by atoms with Crippen LogP contribution in [0.1, 0.15) is 34.0 Å². The molecule has 0 fully saturated rings. The average Bonchev–Trinajstić information content (AvgIpc) is 2.93. The number of nitrogens with two attached hydrogens (primary N) is 1. The lowest BCUT2D eigenvalue weighted by atomic mass is 9.97. The third-order valence-corrected chi connectivity index (χ3v) is 4.68. The van der Waals surface area contributed by atoms with E-state index in [1.165, 1.54) is 33.6 Å². The molecular weight excluding hydrogens is 268 g/mol. The smallest absolute Gasteiger partial charge is 0.153 e. The van der Waals surface area contributed by atoms with Crippen LogP contribution in [0.5, 0.6) is 0 Å². The maximum atomic E-state index is 2.45. The van der Waals surface area contributed by atoms with Crippen LogP contribution in [-0.4, -0.2) is 4.57 Å². The molecule has 2 heteroatoms. The number of quaternary nitrogens is 1. The maximum Gasteiger partial charge on any atom is 0.153 e. The summed E-state index contributed by atoms with van der Waals surface area (Å²) in [6, 6.07) is 20.3. The van der Waals surface area contributed by atoms with Gasteiger partial charge >= 0.3 is 0 Å². The highest BCUT2D eigenvalue weighted by Gasteiger charge is 2.26. The monoisotopic (exact) mass is 289 g/mol. The van der Waals surface area contributed by atoms with Gasteiger partial charge in [-0.1, -0.05) is 42.0 Å². The quantitative estimate of drug-likeness (QED) is 0.710. The molecule has 1 aliphatic heterocycles. The van der Waals surface area contributed by atoms with Crippen LogP contribution in [0.3, 0.4) is 0 Å². The largest absolute Gasteiger partial charge is 0.331 e. The van der Waals surface area contributed by atoms with Gasteiger partial charge in [-0.15, -0.1) is 0 Å². The molecule has 0 aliphatic carbocycles. The zero-order chi connectivity index (χ0) is 15.1. The van der Waals surface area contributed by atoms with Crippen LogP contribution < -0.4 is 5.32 Å². The molecule has 0 spiro atoms. The molecule has 0 saturated heterocycles. The van der Waals surface area contributed by atoms with Crippen LogP contribution in [-0.2, 0) is 6.54 Å². The molecule has 4 rings (SSSR count). The van der Waals surface area contributed by atoms with Crippen molar-refractivity contribution in [3.05, 3.63) is 88.7 Å². The second-order valence-electron chi connectivity index (χ2n) is 6.21. The summed E-state index contributed by atoms with van der Waals surface area (Å²) in [6.07, 6.45) is 2.18. The lowest BCUT2D eigenvalue weighted by molar-refractivity contribution is -0.702. The Labute approximate surface area is 131 Å². The normalized spacial score (nSPS) is 16.7. The summed E-state index contributed by atoms with van der Waals surface area (Å²) in [7, 11) is 0. The zero-order valence-electron chi connectivity index (χ0n) is 13.1. The van der Waals surface area contributed by atoms with Gasteiger partial charge in [0.2, 0.25) is 0 Å². The van der Waals surface area contributed by atoms with Crippen molar-refractivity contribution >= 4 is 0 Å². The summed E-state index contributed by atoms with van der Waals surface area (Å²) in [4.78, 5) is 0. The number of hydrogen-bond donors (Lipinski definition) is 1. The summed E-state index contributed by atoms with van der Waals surface area (Å²) in [5.74, 6) is 0.